The molecule has 9 nitrogen and oxygen atoms in total. The molecular weight excluding hydrogens is 472 g/mol. The lowest BCUT2D eigenvalue weighted by Crippen LogP contribution is -2.36. The molecule has 4 aromatic carbocycles. The maximum absolute atomic E-state index is 13.7. The van der Waals surface area contributed by atoms with E-state index in [9.17, 15) is 20.0 Å². The van der Waals surface area contributed by atoms with Crippen molar-refractivity contribution in [2.24, 2.45) is 0 Å². The summed E-state index contributed by atoms with van der Waals surface area (Å²) in [4.78, 5) is 27.3. The van der Waals surface area contributed by atoms with Gasteiger partial charge in [0.1, 0.15) is 11.4 Å². The van der Waals surface area contributed by atoms with Crippen molar-refractivity contribution in [2.75, 3.05) is 31.2 Å². The topological polar surface area (TPSA) is 111 Å². The zero-order valence-corrected chi connectivity index (χ0v) is 19.7. The molecule has 0 unspecified atom stereocenters. The Bertz CT molecular complexity index is 1740. The summed E-state index contributed by atoms with van der Waals surface area (Å²) in [6, 6.07) is 22.6. The van der Waals surface area contributed by atoms with Gasteiger partial charge in [-0.2, -0.15) is 9.78 Å². The first-order valence-corrected chi connectivity index (χ1v) is 11.9. The Hall–Kier alpha value is -4.76. The summed E-state index contributed by atoms with van der Waals surface area (Å²) in [5.41, 5.74) is 1.46. The molecule has 1 fully saturated rings. The standard InChI is InChI=1S/C28H22N4O5/c33-20-9-10-21-18(16-20)4-3-7-22(21)27-23-5-1-2-6-24(23)28(34)31(29-27)26-17-19(8-11-25(26)32(35)36)30-12-14-37-15-13-30/h1-11,16-17,33H,12-15H2. The van der Waals surface area contributed by atoms with Gasteiger partial charge in [-0.15, -0.1) is 0 Å². The normalized spacial score (nSPS) is 13.8. The molecule has 5 aromatic rings. The van der Waals surface area contributed by atoms with Crippen molar-refractivity contribution in [1.82, 2.24) is 9.78 Å². The van der Waals surface area contributed by atoms with Crippen LogP contribution in [0.15, 0.2) is 83.7 Å². The van der Waals surface area contributed by atoms with Gasteiger partial charge in [-0.05, 0) is 41.1 Å². The molecule has 1 aliphatic rings. The van der Waals surface area contributed by atoms with E-state index in [1.54, 1.807) is 42.5 Å². The van der Waals surface area contributed by atoms with Crippen LogP contribution in [-0.2, 0) is 4.74 Å². The summed E-state index contributed by atoms with van der Waals surface area (Å²) in [5, 5.41) is 29.4. The average Bonchev–Trinajstić information content (AvgIpc) is 2.93. The Morgan fingerprint density at radius 2 is 1.68 bits per heavy atom. The first-order valence-electron chi connectivity index (χ1n) is 11.9. The van der Waals surface area contributed by atoms with Crippen LogP contribution in [0.4, 0.5) is 11.4 Å². The minimum atomic E-state index is -0.498. The number of phenols is 1. The predicted molar refractivity (Wildman–Crippen MR) is 142 cm³/mol. The predicted octanol–water partition coefficient (Wildman–Crippen LogP) is 4.66. The Morgan fingerprint density at radius 1 is 0.892 bits per heavy atom. The van der Waals surface area contributed by atoms with Crippen molar-refractivity contribution in [2.45, 2.75) is 0 Å². The van der Waals surface area contributed by atoms with E-state index in [4.69, 9.17) is 9.84 Å². The van der Waals surface area contributed by atoms with Crippen LogP contribution in [0.2, 0.25) is 0 Å². The monoisotopic (exact) mass is 494 g/mol. The van der Waals surface area contributed by atoms with Gasteiger partial charge in [-0.1, -0.05) is 42.5 Å². The molecule has 6 rings (SSSR count). The number of aromatic nitrogens is 2. The van der Waals surface area contributed by atoms with E-state index < -0.39 is 10.5 Å². The third-order valence-corrected chi connectivity index (χ3v) is 6.68. The number of morpholine rings is 1. The second-order valence-corrected chi connectivity index (χ2v) is 8.85. The number of fused-ring (bicyclic) bond motifs is 2. The highest BCUT2D eigenvalue weighted by molar-refractivity contribution is 6.03. The summed E-state index contributed by atoms with van der Waals surface area (Å²) in [6.07, 6.45) is 0. The number of nitro benzene ring substituents is 1. The molecule has 0 aliphatic carbocycles. The SMILES string of the molecule is O=c1c2ccccc2c(-c2cccc3cc(O)ccc23)nn1-c1cc(N2CCOCC2)ccc1[N+](=O)[O-]. The van der Waals surface area contributed by atoms with Crippen LogP contribution in [0.1, 0.15) is 0 Å². The maximum Gasteiger partial charge on any atom is 0.295 e. The molecule has 0 atom stereocenters. The van der Waals surface area contributed by atoms with E-state index in [0.717, 1.165) is 26.7 Å². The fourth-order valence-corrected chi connectivity index (χ4v) is 4.88. The van der Waals surface area contributed by atoms with Crippen LogP contribution in [0.5, 0.6) is 5.75 Å². The highest BCUT2D eigenvalue weighted by Crippen LogP contribution is 2.34. The molecule has 0 spiro atoms. The van der Waals surface area contributed by atoms with Crippen molar-refractivity contribution in [3.63, 3.8) is 0 Å². The Morgan fingerprint density at radius 3 is 2.46 bits per heavy atom. The van der Waals surface area contributed by atoms with E-state index in [1.165, 1.54) is 6.07 Å². The van der Waals surface area contributed by atoms with Gasteiger partial charge in [-0.25, -0.2) is 0 Å². The number of ether oxygens (including phenoxy) is 1. The minimum Gasteiger partial charge on any atom is -0.508 e. The maximum atomic E-state index is 13.7. The van der Waals surface area contributed by atoms with Crippen molar-refractivity contribution < 1.29 is 14.8 Å². The fraction of sp³-hybridized carbons (Fsp3) is 0.143. The molecule has 184 valence electrons. The number of hydrogen-bond donors (Lipinski definition) is 1. The van der Waals surface area contributed by atoms with Crippen LogP contribution in [0, 0.1) is 10.1 Å². The molecule has 0 saturated carbocycles. The van der Waals surface area contributed by atoms with Gasteiger partial charge in [0.15, 0.2) is 0 Å². The van der Waals surface area contributed by atoms with Crippen LogP contribution in [-0.4, -0.2) is 46.1 Å². The van der Waals surface area contributed by atoms with Crippen LogP contribution < -0.4 is 10.5 Å². The smallest absolute Gasteiger partial charge is 0.295 e. The first kappa shape index (κ1) is 22.7. The van der Waals surface area contributed by atoms with Gasteiger partial charge >= 0.3 is 0 Å². The number of anilines is 1. The van der Waals surface area contributed by atoms with Crippen LogP contribution in [0.25, 0.3) is 38.5 Å². The Kier molecular flexibility index (Phi) is 5.54. The third kappa shape index (κ3) is 3.95. The van der Waals surface area contributed by atoms with E-state index in [0.29, 0.717) is 42.8 Å². The van der Waals surface area contributed by atoms with E-state index >= 15 is 0 Å². The molecule has 2 heterocycles. The van der Waals surface area contributed by atoms with Crippen LogP contribution >= 0.6 is 0 Å². The first-order chi connectivity index (χ1) is 18.0. The largest absolute Gasteiger partial charge is 0.508 e. The lowest BCUT2D eigenvalue weighted by molar-refractivity contribution is -0.384. The third-order valence-electron chi connectivity index (χ3n) is 6.68. The highest BCUT2D eigenvalue weighted by atomic mass is 16.6. The number of benzene rings is 4. The number of nitrogens with zero attached hydrogens (tertiary/aromatic N) is 4. The van der Waals surface area contributed by atoms with Gasteiger partial charge in [-0.3, -0.25) is 14.9 Å². The molecule has 1 saturated heterocycles. The number of phenolic OH excluding ortho intramolecular Hbond substituents is 1. The fourth-order valence-electron chi connectivity index (χ4n) is 4.88. The number of nitro groups is 1. The van der Waals surface area contributed by atoms with Gasteiger partial charge in [0.05, 0.1) is 29.2 Å². The molecule has 0 radical (unpaired) electrons. The summed E-state index contributed by atoms with van der Waals surface area (Å²) < 4.78 is 6.58. The molecular formula is C28H22N4O5. The van der Waals surface area contributed by atoms with Gasteiger partial charge in [0.2, 0.25) is 0 Å². The molecule has 1 aromatic heterocycles. The Labute approximate surface area is 210 Å². The second kappa shape index (κ2) is 9.03. The number of aromatic hydroxyl groups is 1. The zero-order valence-electron chi connectivity index (χ0n) is 19.7. The van der Waals surface area contributed by atoms with Crippen LogP contribution in [0.3, 0.4) is 0 Å². The lowest BCUT2D eigenvalue weighted by atomic mass is 9.98. The number of hydrogen-bond acceptors (Lipinski definition) is 7. The Balaban J connectivity index is 1.65. The van der Waals surface area contributed by atoms with Crippen molar-refractivity contribution in [1.29, 1.82) is 0 Å². The molecule has 37 heavy (non-hydrogen) atoms. The second-order valence-electron chi connectivity index (χ2n) is 8.85. The van der Waals surface area contributed by atoms with E-state index in [1.807, 2.05) is 30.3 Å². The summed E-state index contributed by atoms with van der Waals surface area (Å²) in [7, 11) is 0. The van der Waals surface area contributed by atoms with E-state index in [-0.39, 0.29) is 17.1 Å². The van der Waals surface area contributed by atoms with E-state index in [2.05, 4.69) is 4.90 Å². The molecule has 0 amide bonds. The van der Waals surface area contributed by atoms with Crippen molar-refractivity contribution >= 4 is 32.9 Å². The van der Waals surface area contributed by atoms with Gasteiger partial charge in [0.25, 0.3) is 11.2 Å². The minimum absolute atomic E-state index is 0.101. The zero-order chi connectivity index (χ0) is 25.5. The molecule has 1 aliphatic heterocycles. The summed E-state index contributed by atoms with van der Waals surface area (Å²) in [5.74, 6) is 0.142. The highest BCUT2D eigenvalue weighted by Gasteiger charge is 2.23. The number of rotatable bonds is 4. The summed E-state index contributed by atoms with van der Waals surface area (Å²) in [6.45, 7) is 2.40. The molecule has 0 bridgehead atoms. The molecule has 9 heteroatoms. The lowest BCUT2D eigenvalue weighted by Gasteiger charge is -2.29. The quantitative estimate of drug-likeness (QED) is 0.286. The van der Waals surface area contributed by atoms with Gasteiger partial charge < -0.3 is 14.7 Å². The summed E-state index contributed by atoms with van der Waals surface area (Å²) >= 11 is 0. The van der Waals surface area contributed by atoms with Gasteiger partial charge in [0, 0.05) is 35.8 Å². The van der Waals surface area contributed by atoms with Crippen molar-refractivity contribution in [3.8, 4) is 22.7 Å². The molecule has 1 N–H and O–H groups in total. The average molecular weight is 495 g/mol. The van der Waals surface area contributed by atoms with Crippen molar-refractivity contribution in [3.05, 3.63) is 99.3 Å².